The van der Waals surface area contributed by atoms with Crippen LogP contribution in [0, 0.1) is 23.1 Å². The van der Waals surface area contributed by atoms with Gasteiger partial charge in [0.15, 0.2) is 0 Å². The molecular weight excluding hydrogens is 477 g/mol. The van der Waals surface area contributed by atoms with Gasteiger partial charge in [-0.1, -0.05) is 18.2 Å². The molecule has 5 rings (SSSR count). The van der Waals surface area contributed by atoms with E-state index in [-0.39, 0.29) is 33.8 Å². The van der Waals surface area contributed by atoms with Crippen LogP contribution in [0.2, 0.25) is 0 Å². The molecule has 0 saturated carbocycles. The predicted molar refractivity (Wildman–Crippen MR) is 124 cm³/mol. The number of fused-ring (bicyclic) bond motifs is 1. The van der Waals surface area contributed by atoms with Gasteiger partial charge in [0.1, 0.15) is 17.9 Å². The van der Waals surface area contributed by atoms with Crippen LogP contribution in [0.5, 0.6) is 5.75 Å². The molecule has 2 aliphatic rings. The number of hydrogen-bond acceptors (Lipinski definition) is 8. The molecule has 34 heavy (non-hydrogen) atoms. The molecule has 0 radical (unpaired) electrons. The molecule has 3 aromatic rings. The van der Waals surface area contributed by atoms with Crippen molar-refractivity contribution in [3.63, 3.8) is 0 Å². The molecule has 11 heteroatoms. The SMILES string of the molecule is N#CC1CCN([C@H]2CCOc3cc(S(=O)(=O)Nc4ncns4)ccc32)[C@H](c2ccc(F)cc2)C1. The van der Waals surface area contributed by atoms with E-state index in [9.17, 15) is 18.1 Å². The lowest BCUT2D eigenvalue weighted by Crippen LogP contribution is -2.41. The second kappa shape index (κ2) is 9.29. The predicted octanol–water partition coefficient (Wildman–Crippen LogP) is 4.28. The molecular formula is C23H22FN5O3S2. The molecule has 1 fully saturated rings. The molecule has 0 amide bonds. The Morgan fingerprint density at radius 2 is 2.00 bits per heavy atom. The number of rotatable bonds is 5. The normalized spacial score (nSPS) is 22.9. The van der Waals surface area contributed by atoms with Gasteiger partial charge in [-0.15, -0.1) is 0 Å². The van der Waals surface area contributed by atoms with Crippen LogP contribution in [0.4, 0.5) is 9.52 Å². The maximum absolute atomic E-state index is 13.6. The van der Waals surface area contributed by atoms with Gasteiger partial charge in [-0.3, -0.25) is 9.62 Å². The summed E-state index contributed by atoms with van der Waals surface area (Å²) in [5.41, 5.74) is 1.87. The van der Waals surface area contributed by atoms with E-state index in [0.29, 0.717) is 25.3 Å². The second-order valence-electron chi connectivity index (χ2n) is 8.36. The number of likely N-dealkylation sites (tertiary alicyclic amines) is 1. The number of nitrogens with zero attached hydrogens (tertiary/aromatic N) is 4. The van der Waals surface area contributed by atoms with E-state index in [4.69, 9.17) is 4.74 Å². The number of nitriles is 1. The molecule has 1 aromatic heterocycles. The van der Waals surface area contributed by atoms with Gasteiger partial charge in [0.25, 0.3) is 10.0 Å². The second-order valence-corrected chi connectivity index (χ2v) is 10.8. The first-order valence-electron chi connectivity index (χ1n) is 10.9. The Morgan fingerprint density at radius 1 is 1.18 bits per heavy atom. The highest BCUT2D eigenvalue weighted by atomic mass is 32.2. The van der Waals surface area contributed by atoms with Crippen molar-refractivity contribution in [2.45, 2.75) is 36.2 Å². The lowest BCUT2D eigenvalue weighted by Gasteiger charge is -2.44. The van der Waals surface area contributed by atoms with E-state index in [0.717, 1.165) is 35.5 Å². The summed E-state index contributed by atoms with van der Waals surface area (Å²) in [5.74, 6) is 0.163. The molecule has 0 bridgehead atoms. The molecule has 176 valence electrons. The number of nitrogens with one attached hydrogen (secondary N) is 1. The Bertz CT molecular complexity index is 1310. The average molecular weight is 500 g/mol. The van der Waals surface area contributed by atoms with Crippen LogP contribution in [0.25, 0.3) is 0 Å². The minimum absolute atomic E-state index is 0.00804. The molecule has 2 aliphatic heterocycles. The van der Waals surface area contributed by atoms with Crippen LogP contribution >= 0.6 is 11.5 Å². The first-order chi connectivity index (χ1) is 16.4. The highest BCUT2D eigenvalue weighted by Crippen LogP contribution is 2.45. The number of aromatic nitrogens is 2. The standard InChI is InChI=1S/C23H22FN5O3S2/c24-17-3-1-16(2-4-17)21-11-15(13-25)7-9-29(21)20-8-10-32-22-12-18(5-6-19(20)22)34(30,31)28-23-26-14-27-33-23/h1-6,12,14-15,20-21H,7-11H2,(H,26,27,28)/t15?,20-,21-/m0/s1. The molecule has 8 nitrogen and oxygen atoms in total. The average Bonchev–Trinajstić information content (AvgIpc) is 3.36. The topological polar surface area (TPSA) is 108 Å². The van der Waals surface area contributed by atoms with Crippen LogP contribution in [-0.4, -0.2) is 35.8 Å². The fraction of sp³-hybridized carbons (Fsp3) is 0.348. The quantitative estimate of drug-likeness (QED) is 0.558. The minimum Gasteiger partial charge on any atom is -0.493 e. The van der Waals surface area contributed by atoms with Crippen molar-refractivity contribution in [2.75, 3.05) is 17.9 Å². The summed E-state index contributed by atoms with van der Waals surface area (Å²) in [6, 6.07) is 13.7. The van der Waals surface area contributed by atoms with Gasteiger partial charge < -0.3 is 4.74 Å². The van der Waals surface area contributed by atoms with Crippen molar-refractivity contribution < 1.29 is 17.5 Å². The summed E-state index contributed by atoms with van der Waals surface area (Å²) in [7, 11) is -3.83. The number of anilines is 1. The largest absolute Gasteiger partial charge is 0.493 e. The Kier molecular flexibility index (Phi) is 6.20. The Balaban J connectivity index is 1.46. The number of ether oxygens (including phenoxy) is 1. The number of sulfonamides is 1. The van der Waals surface area contributed by atoms with E-state index >= 15 is 0 Å². The van der Waals surface area contributed by atoms with E-state index < -0.39 is 10.0 Å². The Hall–Kier alpha value is -3.07. The van der Waals surface area contributed by atoms with E-state index in [1.165, 1.54) is 18.5 Å². The van der Waals surface area contributed by atoms with Crippen LogP contribution in [0.3, 0.4) is 0 Å². The zero-order valence-corrected chi connectivity index (χ0v) is 19.7. The van der Waals surface area contributed by atoms with Crippen molar-refractivity contribution in [3.8, 4) is 11.8 Å². The van der Waals surface area contributed by atoms with Crippen LogP contribution in [0.1, 0.15) is 42.5 Å². The van der Waals surface area contributed by atoms with Crippen LogP contribution in [-0.2, 0) is 10.0 Å². The number of piperidine rings is 1. The van der Waals surface area contributed by atoms with Gasteiger partial charge in [0.05, 0.1) is 17.6 Å². The third-order valence-electron chi connectivity index (χ3n) is 6.37. The van der Waals surface area contributed by atoms with Gasteiger partial charge in [-0.2, -0.15) is 9.64 Å². The zero-order valence-electron chi connectivity index (χ0n) is 18.1. The Labute approximate surface area is 201 Å². The van der Waals surface area contributed by atoms with Gasteiger partial charge in [0, 0.05) is 54.1 Å². The molecule has 0 spiro atoms. The number of benzene rings is 2. The van der Waals surface area contributed by atoms with E-state index in [2.05, 4.69) is 25.0 Å². The van der Waals surface area contributed by atoms with Crippen molar-refractivity contribution in [3.05, 3.63) is 65.7 Å². The van der Waals surface area contributed by atoms with Crippen molar-refractivity contribution in [1.82, 2.24) is 14.3 Å². The first-order valence-corrected chi connectivity index (χ1v) is 13.2. The summed E-state index contributed by atoms with van der Waals surface area (Å²) in [6.07, 6.45) is 3.43. The maximum Gasteiger partial charge on any atom is 0.263 e. The lowest BCUT2D eigenvalue weighted by molar-refractivity contribution is 0.0550. The van der Waals surface area contributed by atoms with E-state index in [1.807, 2.05) is 0 Å². The molecule has 3 atom stereocenters. The summed E-state index contributed by atoms with van der Waals surface area (Å²) in [5, 5.41) is 9.73. The molecule has 1 N–H and O–H groups in total. The van der Waals surface area contributed by atoms with E-state index in [1.54, 1.807) is 30.3 Å². The van der Waals surface area contributed by atoms with Crippen LogP contribution in [0.15, 0.2) is 53.7 Å². The zero-order chi connectivity index (χ0) is 23.7. The molecule has 1 saturated heterocycles. The number of halogens is 1. The summed E-state index contributed by atoms with van der Waals surface area (Å²) in [6.45, 7) is 1.16. The smallest absolute Gasteiger partial charge is 0.263 e. The molecule has 1 unspecified atom stereocenters. The molecule has 2 aromatic carbocycles. The number of hydrogen-bond donors (Lipinski definition) is 1. The maximum atomic E-state index is 13.6. The van der Waals surface area contributed by atoms with Gasteiger partial charge in [-0.05, 0) is 36.6 Å². The minimum atomic E-state index is -3.83. The van der Waals surface area contributed by atoms with Crippen LogP contribution < -0.4 is 9.46 Å². The highest BCUT2D eigenvalue weighted by molar-refractivity contribution is 7.93. The summed E-state index contributed by atoms with van der Waals surface area (Å²) < 4.78 is 51.3. The highest BCUT2D eigenvalue weighted by Gasteiger charge is 2.37. The molecule has 0 aliphatic carbocycles. The molecule has 3 heterocycles. The van der Waals surface area contributed by atoms with Gasteiger partial charge in [-0.25, -0.2) is 17.8 Å². The van der Waals surface area contributed by atoms with Crippen molar-refractivity contribution >= 4 is 26.7 Å². The van der Waals surface area contributed by atoms with Gasteiger partial charge in [0.2, 0.25) is 5.13 Å². The summed E-state index contributed by atoms with van der Waals surface area (Å²) >= 11 is 0.958. The monoisotopic (exact) mass is 499 g/mol. The van der Waals surface area contributed by atoms with Crippen molar-refractivity contribution in [2.24, 2.45) is 5.92 Å². The first kappa shape index (κ1) is 22.7. The fourth-order valence-electron chi connectivity index (χ4n) is 4.74. The Morgan fingerprint density at radius 3 is 2.74 bits per heavy atom. The van der Waals surface area contributed by atoms with Gasteiger partial charge >= 0.3 is 0 Å². The van der Waals surface area contributed by atoms with Crippen molar-refractivity contribution in [1.29, 1.82) is 5.26 Å². The fourth-order valence-corrected chi connectivity index (χ4v) is 6.42. The summed E-state index contributed by atoms with van der Waals surface area (Å²) in [4.78, 5) is 6.30. The third-order valence-corrected chi connectivity index (χ3v) is 8.41. The lowest BCUT2D eigenvalue weighted by atomic mass is 9.85. The third kappa shape index (κ3) is 4.49.